The van der Waals surface area contributed by atoms with Gasteiger partial charge >= 0.3 is 6.18 Å². The van der Waals surface area contributed by atoms with Crippen molar-refractivity contribution in [1.29, 1.82) is 0 Å². The van der Waals surface area contributed by atoms with Gasteiger partial charge in [0.1, 0.15) is 18.2 Å². The molecule has 7 nitrogen and oxygen atoms in total. The Hall–Kier alpha value is -3.44. The summed E-state index contributed by atoms with van der Waals surface area (Å²) in [4.78, 5) is 5.95. The molecule has 0 aliphatic carbocycles. The van der Waals surface area contributed by atoms with Gasteiger partial charge < -0.3 is 10.6 Å². The predicted molar refractivity (Wildman–Crippen MR) is 136 cm³/mol. The molecule has 0 radical (unpaired) electrons. The molecule has 1 heterocycles. The number of halogens is 5. The second kappa shape index (κ2) is 12.2. The Kier molecular flexibility index (Phi) is 9.28. The maximum absolute atomic E-state index is 13.8. The van der Waals surface area contributed by atoms with Gasteiger partial charge in [0.15, 0.2) is 11.7 Å². The molecule has 3 rings (SSSR count). The first kappa shape index (κ1) is 28.1. The summed E-state index contributed by atoms with van der Waals surface area (Å²) in [6.07, 6.45) is -1.93. The molecule has 37 heavy (non-hydrogen) atoms. The second-order valence-electron chi connectivity index (χ2n) is 8.36. The van der Waals surface area contributed by atoms with E-state index in [1.807, 2.05) is 0 Å². The van der Waals surface area contributed by atoms with Crippen LogP contribution in [0.3, 0.4) is 0 Å². The fraction of sp³-hybridized carbons (Fsp3) is 0.320. The monoisotopic (exact) mass is 537 g/mol. The number of hydrogen-bond acceptors (Lipinski definition) is 5. The quantitative estimate of drug-likeness (QED) is 0.165. The van der Waals surface area contributed by atoms with Gasteiger partial charge in [-0.1, -0.05) is 23.7 Å². The Labute approximate surface area is 217 Å². The van der Waals surface area contributed by atoms with Crippen molar-refractivity contribution < 1.29 is 17.6 Å². The maximum atomic E-state index is 13.8. The molecule has 0 spiro atoms. The number of allylic oxidation sites excluding steroid dienone is 1. The van der Waals surface area contributed by atoms with Crippen LogP contribution in [0.4, 0.5) is 17.6 Å². The van der Waals surface area contributed by atoms with Crippen molar-refractivity contribution in [3.63, 3.8) is 0 Å². The normalized spacial score (nSPS) is 13.3. The van der Waals surface area contributed by atoms with Gasteiger partial charge in [-0.05, 0) is 56.3 Å². The molecule has 1 atom stereocenters. The minimum absolute atomic E-state index is 0.0799. The second-order valence-corrected chi connectivity index (χ2v) is 8.80. The van der Waals surface area contributed by atoms with Crippen LogP contribution in [-0.4, -0.2) is 50.3 Å². The number of aromatic nitrogens is 3. The van der Waals surface area contributed by atoms with Crippen molar-refractivity contribution in [1.82, 2.24) is 24.7 Å². The van der Waals surface area contributed by atoms with Gasteiger partial charge in [-0.25, -0.2) is 14.1 Å². The highest BCUT2D eigenvalue weighted by atomic mass is 35.5. The van der Waals surface area contributed by atoms with Crippen molar-refractivity contribution in [3.8, 4) is 5.69 Å². The first-order chi connectivity index (χ1) is 17.5. The molecular weight excluding hydrogens is 510 g/mol. The molecule has 0 bridgehead atoms. The summed E-state index contributed by atoms with van der Waals surface area (Å²) in [5.74, 6) is 0.632. The highest BCUT2D eigenvalue weighted by molar-refractivity contribution is 6.30. The average Bonchev–Trinajstić information content (AvgIpc) is 3.25. The molecule has 12 heteroatoms. The van der Waals surface area contributed by atoms with Crippen LogP contribution in [-0.2, 0) is 6.54 Å². The van der Waals surface area contributed by atoms with Crippen LogP contribution in [0.1, 0.15) is 43.5 Å². The zero-order valence-electron chi connectivity index (χ0n) is 20.6. The molecule has 1 unspecified atom stereocenters. The van der Waals surface area contributed by atoms with Crippen molar-refractivity contribution >= 4 is 17.4 Å². The lowest BCUT2D eigenvalue weighted by Crippen LogP contribution is -2.33. The minimum atomic E-state index is -4.31. The lowest BCUT2D eigenvalue weighted by molar-refractivity contribution is -0.135. The molecule has 0 fully saturated rings. The summed E-state index contributed by atoms with van der Waals surface area (Å²) in [6.45, 7) is 3.30. The zero-order chi connectivity index (χ0) is 27.2. The molecule has 0 amide bonds. The Balaban J connectivity index is 1.98. The number of nitrogens with zero attached hydrogens (tertiary/aromatic N) is 6. The van der Waals surface area contributed by atoms with Crippen molar-refractivity contribution in [2.75, 3.05) is 13.6 Å². The Morgan fingerprint density at radius 1 is 1.22 bits per heavy atom. The molecular formula is C25H28ClF4N7. The topological polar surface area (TPSA) is 75.6 Å². The average molecular weight is 538 g/mol. The SMILES string of the molecule is C/C=C/N(Cc1nc(C(C)N)n(-c2cccc(F)c2)n1)/N=C(/c1ccc(Cl)cc1)N(C)CCC(F)(F)F. The van der Waals surface area contributed by atoms with Crippen molar-refractivity contribution in [2.45, 2.75) is 39.0 Å². The maximum Gasteiger partial charge on any atom is 0.390 e. The van der Waals surface area contributed by atoms with Gasteiger partial charge in [0.05, 0.1) is 18.2 Å². The highest BCUT2D eigenvalue weighted by Crippen LogP contribution is 2.21. The Bertz CT molecular complexity index is 1240. The van der Waals surface area contributed by atoms with Gasteiger partial charge in [0.25, 0.3) is 0 Å². The molecule has 0 saturated carbocycles. The van der Waals surface area contributed by atoms with E-state index in [2.05, 4.69) is 15.2 Å². The molecule has 1 aromatic heterocycles. The smallest absolute Gasteiger partial charge is 0.357 e. The molecule has 0 aliphatic heterocycles. The Morgan fingerprint density at radius 3 is 2.51 bits per heavy atom. The molecule has 0 saturated heterocycles. The van der Waals surface area contributed by atoms with Crippen molar-refractivity contribution in [3.05, 3.63) is 88.9 Å². The van der Waals surface area contributed by atoms with Crippen LogP contribution in [0, 0.1) is 5.82 Å². The van der Waals surface area contributed by atoms with E-state index in [1.165, 1.54) is 33.8 Å². The highest BCUT2D eigenvalue weighted by Gasteiger charge is 2.28. The predicted octanol–water partition coefficient (Wildman–Crippen LogP) is 5.66. The number of hydrazone groups is 1. The summed E-state index contributed by atoms with van der Waals surface area (Å²) >= 11 is 6.01. The summed E-state index contributed by atoms with van der Waals surface area (Å²) in [7, 11) is 1.54. The van der Waals surface area contributed by atoms with Gasteiger partial charge in [-0.2, -0.15) is 18.3 Å². The van der Waals surface area contributed by atoms with E-state index in [9.17, 15) is 17.6 Å². The van der Waals surface area contributed by atoms with Crippen LogP contribution in [0.25, 0.3) is 5.69 Å². The summed E-state index contributed by atoms with van der Waals surface area (Å²) in [5.41, 5.74) is 7.13. The molecule has 198 valence electrons. The van der Waals surface area contributed by atoms with Gasteiger partial charge in [0, 0.05) is 30.4 Å². The van der Waals surface area contributed by atoms with Crippen LogP contribution in [0.5, 0.6) is 0 Å². The fourth-order valence-corrected chi connectivity index (χ4v) is 3.57. The molecule has 3 aromatic rings. The number of hydrogen-bond donors (Lipinski definition) is 1. The third-order valence-electron chi connectivity index (χ3n) is 5.18. The van der Waals surface area contributed by atoms with E-state index in [4.69, 9.17) is 17.3 Å². The first-order valence-corrected chi connectivity index (χ1v) is 11.8. The molecule has 0 aliphatic rings. The van der Waals surface area contributed by atoms with Crippen LogP contribution >= 0.6 is 11.6 Å². The van der Waals surface area contributed by atoms with Crippen LogP contribution in [0.2, 0.25) is 5.02 Å². The van der Waals surface area contributed by atoms with E-state index >= 15 is 0 Å². The summed E-state index contributed by atoms with van der Waals surface area (Å²) in [6, 6.07) is 12.0. The standard InChI is InChI=1S/C25H28ClF4N7/c1-4-13-36(16-22-32-23(17(2)31)37(33-22)21-7-5-6-20(27)15-21)34-24(18-8-10-19(26)11-9-18)35(3)14-12-25(28,29)30/h4-11,13,15,17H,12,14,16,31H2,1-3H3/b13-4+,34-24-. The van der Waals surface area contributed by atoms with E-state index in [0.29, 0.717) is 33.8 Å². The number of benzene rings is 2. The lowest BCUT2D eigenvalue weighted by Gasteiger charge is -2.24. The number of amidine groups is 1. The van der Waals surface area contributed by atoms with Gasteiger partial charge in [0.2, 0.25) is 0 Å². The summed E-state index contributed by atoms with van der Waals surface area (Å²) in [5, 5.41) is 11.1. The van der Waals surface area contributed by atoms with Gasteiger partial charge in [-0.3, -0.25) is 5.01 Å². The minimum Gasteiger partial charge on any atom is -0.357 e. The zero-order valence-corrected chi connectivity index (χ0v) is 21.4. The third-order valence-corrected chi connectivity index (χ3v) is 5.43. The van der Waals surface area contributed by atoms with E-state index < -0.39 is 24.5 Å². The fourth-order valence-electron chi connectivity index (χ4n) is 3.44. The largest absolute Gasteiger partial charge is 0.390 e. The van der Waals surface area contributed by atoms with Crippen molar-refractivity contribution in [2.24, 2.45) is 10.8 Å². The van der Waals surface area contributed by atoms with E-state index in [1.54, 1.807) is 62.5 Å². The third kappa shape index (κ3) is 8.02. The number of rotatable bonds is 9. The molecule has 2 aromatic carbocycles. The summed E-state index contributed by atoms with van der Waals surface area (Å²) < 4.78 is 54.1. The van der Waals surface area contributed by atoms with E-state index in [0.717, 1.165) is 0 Å². The van der Waals surface area contributed by atoms with Crippen LogP contribution < -0.4 is 5.73 Å². The molecule has 2 N–H and O–H groups in total. The Morgan fingerprint density at radius 2 is 1.92 bits per heavy atom. The first-order valence-electron chi connectivity index (χ1n) is 11.5. The number of nitrogens with two attached hydrogens (primary N) is 1. The van der Waals surface area contributed by atoms with Crippen LogP contribution in [0.15, 0.2) is 65.9 Å². The van der Waals surface area contributed by atoms with E-state index in [-0.39, 0.29) is 13.1 Å². The number of alkyl halides is 3. The lowest BCUT2D eigenvalue weighted by atomic mass is 10.2. The van der Waals surface area contributed by atoms with Gasteiger partial charge in [-0.15, -0.1) is 5.10 Å².